The van der Waals surface area contributed by atoms with E-state index in [-0.39, 0.29) is 6.54 Å². The summed E-state index contributed by atoms with van der Waals surface area (Å²) in [6.45, 7) is 1.56. The van der Waals surface area contributed by atoms with E-state index in [1.54, 1.807) is 6.92 Å². The van der Waals surface area contributed by atoms with Crippen molar-refractivity contribution in [2.45, 2.75) is 19.1 Å². The molecule has 0 amide bonds. The van der Waals surface area contributed by atoms with Crippen LogP contribution in [0.2, 0.25) is 0 Å². The molecule has 2 atom stereocenters. The van der Waals surface area contributed by atoms with E-state index in [0.717, 1.165) is 0 Å². The largest absolute Gasteiger partial charge is 0.390 e. The third kappa shape index (κ3) is 2.23. The monoisotopic (exact) mass is 197 g/mol. The summed E-state index contributed by atoms with van der Waals surface area (Å²) in [6, 6.07) is 0. The molecule has 2 unspecified atom stereocenters. The first-order valence-corrected chi connectivity index (χ1v) is 4.03. The highest BCUT2D eigenvalue weighted by atomic mass is 16.3. The van der Waals surface area contributed by atoms with Crippen molar-refractivity contribution < 1.29 is 10.2 Å². The molecular formula is C7H11N5O2. The van der Waals surface area contributed by atoms with Crippen LogP contribution in [0.1, 0.15) is 17.4 Å². The van der Waals surface area contributed by atoms with Crippen LogP contribution in [0, 0.1) is 6.92 Å². The molecule has 0 bridgehead atoms. The first kappa shape index (κ1) is 10.5. The molecule has 0 aliphatic carbocycles. The summed E-state index contributed by atoms with van der Waals surface area (Å²) >= 11 is 0. The average Bonchev–Trinajstić information content (AvgIpc) is 2.59. The molecule has 7 heteroatoms. The van der Waals surface area contributed by atoms with E-state index < -0.39 is 12.2 Å². The number of azide groups is 1. The van der Waals surface area contributed by atoms with Crippen LogP contribution in [0.15, 0.2) is 11.3 Å². The molecule has 0 fully saturated rings. The maximum Gasteiger partial charge on any atom is 0.108 e. The standard InChI is InChI=1S/C7H11N5O2/c1-4-5(2-9-11-4)7(14)6(13)3-10-12-8/h2,6-7,13-14H,3H2,1H3,(H,9,11). The van der Waals surface area contributed by atoms with Crippen molar-refractivity contribution in [3.8, 4) is 0 Å². The zero-order valence-electron chi connectivity index (χ0n) is 7.62. The molecule has 0 spiro atoms. The molecular weight excluding hydrogens is 186 g/mol. The van der Waals surface area contributed by atoms with Gasteiger partial charge in [-0.1, -0.05) is 5.11 Å². The van der Waals surface area contributed by atoms with Gasteiger partial charge in [-0.25, -0.2) is 0 Å². The van der Waals surface area contributed by atoms with Crippen LogP contribution in [0.25, 0.3) is 10.4 Å². The van der Waals surface area contributed by atoms with E-state index in [9.17, 15) is 10.2 Å². The molecule has 0 saturated carbocycles. The fraction of sp³-hybridized carbons (Fsp3) is 0.571. The van der Waals surface area contributed by atoms with Gasteiger partial charge in [-0.3, -0.25) is 5.10 Å². The summed E-state index contributed by atoms with van der Waals surface area (Å²) in [6.07, 6.45) is -0.763. The second kappa shape index (κ2) is 4.61. The third-order valence-corrected chi connectivity index (χ3v) is 1.88. The van der Waals surface area contributed by atoms with Crippen LogP contribution in [-0.2, 0) is 0 Å². The maximum absolute atomic E-state index is 9.59. The van der Waals surface area contributed by atoms with Crippen LogP contribution >= 0.6 is 0 Å². The number of aryl methyl sites for hydroxylation is 1. The quantitative estimate of drug-likeness (QED) is 0.368. The Morgan fingerprint density at radius 2 is 2.43 bits per heavy atom. The number of hydrogen-bond donors (Lipinski definition) is 3. The van der Waals surface area contributed by atoms with Crippen molar-refractivity contribution in [1.29, 1.82) is 0 Å². The van der Waals surface area contributed by atoms with Gasteiger partial charge in [0.15, 0.2) is 0 Å². The van der Waals surface area contributed by atoms with Gasteiger partial charge in [-0.15, -0.1) is 0 Å². The van der Waals surface area contributed by atoms with Gasteiger partial charge in [0.2, 0.25) is 0 Å². The molecule has 0 aliphatic rings. The summed E-state index contributed by atoms with van der Waals surface area (Å²) in [5.74, 6) is 0. The van der Waals surface area contributed by atoms with Crippen molar-refractivity contribution in [1.82, 2.24) is 10.2 Å². The second-order valence-corrected chi connectivity index (χ2v) is 2.88. The van der Waals surface area contributed by atoms with Gasteiger partial charge in [0, 0.05) is 16.2 Å². The van der Waals surface area contributed by atoms with E-state index in [2.05, 4.69) is 20.2 Å². The number of nitrogens with zero attached hydrogens (tertiary/aromatic N) is 4. The highest BCUT2D eigenvalue weighted by molar-refractivity contribution is 5.18. The molecule has 1 rings (SSSR count). The van der Waals surface area contributed by atoms with Gasteiger partial charge >= 0.3 is 0 Å². The maximum atomic E-state index is 9.59. The summed E-state index contributed by atoms with van der Waals surface area (Å²) in [5.41, 5.74) is 9.21. The normalized spacial score (nSPS) is 14.5. The summed E-state index contributed by atoms with van der Waals surface area (Å²) < 4.78 is 0. The molecule has 1 aromatic heterocycles. The summed E-state index contributed by atoms with van der Waals surface area (Å²) in [5, 5.41) is 28.5. The van der Waals surface area contributed by atoms with Crippen LogP contribution in [-0.4, -0.2) is 33.1 Å². The molecule has 0 aliphatic heterocycles. The number of aromatic nitrogens is 2. The Bertz CT molecular complexity index is 344. The van der Waals surface area contributed by atoms with Crippen LogP contribution in [0.5, 0.6) is 0 Å². The van der Waals surface area contributed by atoms with Gasteiger partial charge < -0.3 is 10.2 Å². The number of aliphatic hydroxyl groups is 2. The summed E-state index contributed by atoms with van der Waals surface area (Å²) in [7, 11) is 0. The fourth-order valence-electron chi connectivity index (χ4n) is 1.09. The van der Waals surface area contributed by atoms with Gasteiger partial charge in [-0.05, 0) is 12.5 Å². The average molecular weight is 197 g/mol. The number of aromatic amines is 1. The zero-order chi connectivity index (χ0) is 10.6. The minimum Gasteiger partial charge on any atom is -0.390 e. The predicted molar refractivity (Wildman–Crippen MR) is 48.3 cm³/mol. The number of H-pyrrole nitrogens is 1. The first-order valence-electron chi connectivity index (χ1n) is 4.03. The van der Waals surface area contributed by atoms with E-state index in [1.165, 1.54) is 6.20 Å². The molecule has 0 aromatic carbocycles. The predicted octanol–water partition coefficient (Wildman–Crippen LogP) is 0.423. The number of rotatable bonds is 4. The minimum absolute atomic E-state index is 0.164. The first-order chi connectivity index (χ1) is 6.66. The second-order valence-electron chi connectivity index (χ2n) is 2.88. The third-order valence-electron chi connectivity index (χ3n) is 1.88. The van der Waals surface area contributed by atoms with Gasteiger partial charge in [0.1, 0.15) is 6.10 Å². The lowest BCUT2D eigenvalue weighted by molar-refractivity contribution is 0.0240. The van der Waals surface area contributed by atoms with Crippen molar-refractivity contribution in [2.75, 3.05) is 6.54 Å². The Kier molecular flexibility index (Phi) is 3.47. The van der Waals surface area contributed by atoms with Crippen molar-refractivity contribution >= 4 is 0 Å². The summed E-state index contributed by atoms with van der Waals surface area (Å²) in [4.78, 5) is 2.49. The van der Waals surface area contributed by atoms with Gasteiger partial charge in [0.25, 0.3) is 0 Å². The lowest BCUT2D eigenvalue weighted by Gasteiger charge is -2.14. The molecule has 14 heavy (non-hydrogen) atoms. The minimum atomic E-state index is -1.11. The molecule has 1 heterocycles. The van der Waals surface area contributed by atoms with Gasteiger partial charge in [-0.2, -0.15) is 5.10 Å². The highest BCUT2D eigenvalue weighted by Gasteiger charge is 2.20. The molecule has 0 radical (unpaired) electrons. The topological polar surface area (TPSA) is 118 Å². The molecule has 3 N–H and O–H groups in total. The molecule has 1 aromatic rings. The lowest BCUT2D eigenvalue weighted by atomic mass is 10.1. The van der Waals surface area contributed by atoms with Crippen LogP contribution in [0.3, 0.4) is 0 Å². The van der Waals surface area contributed by atoms with Crippen molar-refractivity contribution in [2.24, 2.45) is 5.11 Å². The molecule has 7 nitrogen and oxygen atoms in total. The van der Waals surface area contributed by atoms with Crippen molar-refractivity contribution in [3.05, 3.63) is 27.9 Å². The number of hydrogen-bond acceptors (Lipinski definition) is 4. The van der Waals surface area contributed by atoms with E-state index in [4.69, 9.17) is 5.53 Å². The number of aliphatic hydroxyl groups excluding tert-OH is 2. The Balaban J connectivity index is 2.69. The number of nitrogens with one attached hydrogen (secondary N) is 1. The lowest BCUT2D eigenvalue weighted by Crippen LogP contribution is -2.21. The fourth-order valence-corrected chi connectivity index (χ4v) is 1.09. The zero-order valence-corrected chi connectivity index (χ0v) is 7.62. The Morgan fingerprint density at radius 1 is 1.71 bits per heavy atom. The Morgan fingerprint density at radius 3 is 2.93 bits per heavy atom. The Hall–Kier alpha value is -1.56. The van der Waals surface area contributed by atoms with Crippen LogP contribution in [0.4, 0.5) is 0 Å². The van der Waals surface area contributed by atoms with E-state index in [0.29, 0.717) is 11.3 Å². The van der Waals surface area contributed by atoms with Crippen LogP contribution < -0.4 is 0 Å². The highest BCUT2D eigenvalue weighted by Crippen LogP contribution is 2.18. The van der Waals surface area contributed by atoms with Crippen molar-refractivity contribution in [3.63, 3.8) is 0 Å². The SMILES string of the molecule is Cc1[nH]ncc1C(O)C(O)CN=[N+]=[N-]. The smallest absolute Gasteiger partial charge is 0.108 e. The van der Waals surface area contributed by atoms with E-state index in [1.807, 2.05) is 0 Å². The molecule has 76 valence electrons. The van der Waals surface area contributed by atoms with E-state index >= 15 is 0 Å². The van der Waals surface area contributed by atoms with Gasteiger partial charge in [0.05, 0.1) is 18.8 Å². The Labute approximate surface area is 80.0 Å². The molecule has 0 saturated heterocycles.